The molecule has 1 aliphatic heterocycles. The van der Waals surface area contributed by atoms with Gasteiger partial charge in [0.15, 0.2) is 5.78 Å². The normalized spacial score (nSPS) is 24.1. The van der Waals surface area contributed by atoms with Crippen LogP contribution in [0, 0.1) is 0 Å². The van der Waals surface area contributed by atoms with E-state index in [4.69, 9.17) is 4.74 Å². The Morgan fingerprint density at radius 1 is 1.33 bits per heavy atom. The van der Waals surface area contributed by atoms with Crippen molar-refractivity contribution < 1.29 is 14.3 Å². The fraction of sp³-hybridized carbons (Fsp3) is 0.412. The number of hydrogen-bond donors (Lipinski definition) is 0. The van der Waals surface area contributed by atoms with E-state index in [1.54, 1.807) is 12.0 Å². The molecule has 0 N–H and O–H groups in total. The molecule has 1 aromatic rings. The van der Waals surface area contributed by atoms with Gasteiger partial charge in [-0.3, -0.25) is 9.59 Å². The van der Waals surface area contributed by atoms with Crippen molar-refractivity contribution >= 4 is 11.7 Å². The highest BCUT2D eigenvalue weighted by atomic mass is 16.5. The van der Waals surface area contributed by atoms with Gasteiger partial charge in [0.1, 0.15) is 11.3 Å². The van der Waals surface area contributed by atoms with E-state index < -0.39 is 5.54 Å². The number of fused-ring (bicyclic) bond motifs is 1. The lowest BCUT2D eigenvalue weighted by atomic mass is 9.72. The zero-order valence-electron chi connectivity index (χ0n) is 12.4. The highest BCUT2D eigenvalue weighted by Gasteiger charge is 2.48. The number of ether oxygens (including phenoxy) is 1. The van der Waals surface area contributed by atoms with Crippen molar-refractivity contribution in [2.24, 2.45) is 0 Å². The van der Waals surface area contributed by atoms with Crippen molar-refractivity contribution in [3.63, 3.8) is 0 Å². The summed E-state index contributed by atoms with van der Waals surface area (Å²) in [5.41, 5.74) is 1.05. The van der Waals surface area contributed by atoms with E-state index in [0.717, 1.165) is 23.3 Å². The van der Waals surface area contributed by atoms with Crippen molar-refractivity contribution in [3.8, 4) is 5.75 Å². The highest BCUT2D eigenvalue weighted by Crippen LogP contribution is 2.39. The number of aryl methyl sites for hydroxylation is 1. The van der Waals surface area contributed by atoms with E-state index in [2.05, 4.69) is 0 Å². The quantitative estimate of drug-likeness (QED) is 0.744. The highest BCUT2D eigenvalue weighted by molar-refractivity contribution is 6.07. The van der Waals surface area contributed by atoms with Crippen LogP contribution in [0.2, 0.25) is 0 Å². The maximum absolute atomic E-state index is 13.0. The monoisotopic (exact) mass is 285 g/mol. The van der Waals surface area contributed by atoms with Gasteiger partial charge in [-0.2, -0.15) is 0 Å². The zero-order valence-corrected chi connectivity index (χ0v) is 12.4. The average molecular weight is 285 g/mol. The Bertz CT molecular complexity index is 635. The van der Waals surface area contributed by atoms with Crippen LogP contribution in [0.5, 0.6) is 5.75 Å². The smallest absolute Gasteiger partial charge is 0.220 e. The first-order chi connectivity index (χ1) is 10.1. The molecule has 0 fully saturated rings. The molecule has 1 heterocycles. The second-order valence-electron chi connectivity index (χ2n) is 5.69. The fourth-order valence-corrected chi connectivity index (χ4v) is 3.46. The first kappa shape index (κ1) is 13.9. The van der Waals surface area contributed by atoms with Crippen molar-refractivity contribution in [2.75, 3.05) is 13.7 Å². The summed E-state index contributed by atoms with van der Waals surface area (Å²) in [4.78, 5) is 26.7. The lowest BCUT2D eigenvalue weighted by molar-refractivity contribution is -0.133. The van der Waals surface area contributed by atoms with Crippen LogP contribution < -0.4 is 4.74 Å². The van der Waals surface area contributed by atoms with Crippen molar-refractivity contribution in [2.45, 2.75) is 31.7 Å². The van der Waals surface area contributed by atoms with Gasteiger partial charge in [0.25, 0.3) is 0 Å². The molecule has 4 nitrogen and oxygen atoms in total. The number of methoxy groups -OCH3 is 1. The Hall–Kier alpha value is -2.10. The summed E-state index contributed by atoms with van der Waals surface area (Å²) >= 11 is 0. The molecule has 2 aliphatic rings. The molecule has 0 bridgehead atoms. The second-order valence-corrected chi connectivity index (χ2v) is 5.69. The number of ketones is 1. The largest absolute Gasteiger partial charge is 0.497 e. The number of nitrogens with zero attached hydrogens (tertiary/aromatic N) is 1. The Labute approximate surface area is 124 Å². The molecule has 0 radical (unpaired) electrons. The zero-order chi connectivity index (χ0) is 15.0. The summed E-state index contributed by atoms with van der Waals surface area (Å²) in [6, 6.07) is 5.57. The van der Waals surface area contributed by atoms with Crippen LogP contribution in [0.15, 0.2) is 30.4 Å². The molecule has 3 rings (SSSR count). The molecule has 1 amide bonds. The predicted octanol–water partition coefficient (Wildman–Crippen LogP) is 2.37. The summed E-state index contributed by atoms with van der Waals surface area (Å²) in [5, 5.41) is 0. The fourth-order valence-electron chi connectivity index (χ4n) is 3.46. The second kappa shape index (κ2) is 5.02. The van der Waals surface area contributed by atoms with Gasteiger partial charge in [-0.15, -0.1) is 0 Å². The number of carbonyl (C=O) groups is 2. The third kappa shape index (κ3) is 2.06. The molecular weight excluding hydrogens is 266 g/mol. The number of rotatable bonds is 1. The third-order valence-electron chi connectivity index (χ3n) is 4.59. The van der Waals surface area contributed by atoms with Crippen LogP contribution in [-0.2, 0) is 11.2 Å². The van der Waals surface area contributed by atoms with Crippen LogP contribution in [0.25, 0.3) is 0 Å². The first-order valence-electron chi connectivity index (χ1n) is 7.23. The minimum atomic E-state index is -0.692. The van der Waals surface area contributed by atoms with Crippen molar-refractivity contribution in [1.82, 2.24) is 4.90 Å². The maximum Gasteiger partial charge on any atom is 0.220 e. The SMILES string of the molecule is COc1ccc2c(c1)CCC1(CC=CCN1C(C)=O)C2=O. The Balaban J connectivity index is 2.05. The average Bonchev–Trinajstić information content (AvgIpc) is 2.51. The van der Waals surface area contributed by atoms with E-state index in [9.17, 15) is 9.59 Å². The molecule has 0 saturated carbocycles. The number of amides is 1. The molecule has 1 aliphatic carbocycles. The number of hydrogen-bond acceptors (Lipinski definition) is 3. The minimum absolute atomic E-state index is 0.0374. The molecular formula is C17H19NO3. The van der Waals surface area contributed by atoms with Gasteiger partial charge >= 0.3 is 0 Å². The number of benzene rings is 1. The van der Waals surface area contributed by atoms with E-state index in [1.165, 1.54) is 6.92 Å². The van der Waals surface area contributed by atoms with E-state index in [0.29, 0.717) is 19.4 Å². The van der Waals surface area contributed by atoms with Gasteiger partial charge < -0.3 is 9.64 Å². The van der Waals surface area contributed by atoms with Gasteiger partial charge in [-0.25, -0.2) is 0 Å². The Morgan fingerprint density at radius 3 is 2.86 bits per heavy atom. The van der Waals surface area contributed by atoms with Gasteiger partial charge in [0, 0.05) is 19.0 Å². The standard InChI is InChI=1S/C17H19NO3/c1-12(19)18-10-4-3-8-17(18)9-7-13-11-14(21-2)5-6-15(13)16(17)20/h3-6,11H,7-10H2,1-2H3. The lowest BCUT2D eigenvalue weighted by Crippen LogP contribution is -2.59. The minimum Gasteiger partial charge on any atom is -0.497 e. The van der Waals surface area contributed by atoms with Crippen LogP contribution in [0.3, 0.4) is 0 Å². The summed E-state index contributed by atoms with van der Waals surface area (Å²) in [7, 11) is 1.62. The number of Topliss-reactive ketones (excluding diaryl/α,β-unsaturated/α-hetero) is 1. The molecule has 4 heteroatoms. The van der Waals surface area contributed by atoms with Crippen molar-refractivity contribution in [3.05, 3.63) is 41.5 Å². The van der Waals surface area contributed by atoms with Gasteiger partial charge in [0.05, 0.1) is 7.11 Å². The van der Waals surface area contributed by atoms with E-state index in [1.807, 2.05) is 30.4 Å². The van der Waals surface area contributed by atoms with E-state index >= 15 is 0 Å². The Kier molecular flexibility index (Phi) is 3.32. The van der Waals surface area contributed by atoms with Gasteiger partial charge in [0.2, 0.25) is 5.91 Å². The third-order valence-corrected chi connectivity index (χ3v) is 4.59. The molecule has 0 aromatic heterocycles. The molecule has 1 spiro atoms. The van der Waals surface area contributed by atoms with Crippen LogP contribution in [0.1, 0.15) is 35.7 Å². The first-order valence-corrected chi connectivity index (χ1v) is 7.23. The molecule has 1 aromatic carbocycles. The van der Waals surface area contributed by atoms with Crippen LogP contribution in [-0.4, -0.2) is 35.8 Å². The van der Waals surface area contributed by atoms with Crippen LogP contribution >= 0.6 is 0 Å². The molecule has 21 heavy (non-hydrogen) atoms. The summed E-state index contributed by atoms with van der Waals surface area (Å²) < 4.78 is 5.22. The Morgan fingerprint density at radius 2 is 2.14 bits per heavy atom. The topological polar surface area (TPSA) is 46.6 Å². The predicted molar refractivity (Wildman–Crippen MR) is 79.5 cm³/mol. The van der Waals surface area contributed by atoms with Crippen molar-refractivity contribution in [1.29, 1.82) is 0 Å². The summed E-state index contributed by atoms with van der Waals surface area (Å²) in [6.07, 6.45) is 6.05. The molecule has 1 unspecified atom stereocenters. The van der Waals surface area contributed by atoms with Gasteiger partial charge in [-0.05, 0) is 43.0 Å². The van der Waals surface area contributed by atoms with E-state index in [-0.39, 0.29) is 11.7 Å². The summed E-state index contributed by atoms with van der Waals surface area (Å²) in [5.74, 6) is 0.792. The summed E-state index contributed by atoms with van der Waals surface area (Å²) in [6.45, 7) is 2.06. The number of carbonyl (C=O) groups excluding carboxylic acids is 2. The maximum atomic E-state index is 13.0. The lowest BCUT2D eigenvalue weighted by Gasteiger charge is -2.46. The molecule has 1 atom stereocenters. The molecule has 0 saturated heterocycles. The van der Waals surface area contributed by atoms with Gasteiger partial charge in [-0.1, -0.05) is 12.2 Å². The molecule has 110 valence electrons. The van der Waals surface area contributed by atoms with Crippen LogP contribution in [0.4, 0.5) is 0 Å².